The Morgan fingerprint density at radius 3 is 2.62 bits per heavy atom. The fourth-order valence-electron chi connectivity index (χ4n) is 3.04. The Balaban J connectivity index is 1.79. The molecule has 21 heavy (non-hydrogen) atoms. The van der Waals surface area contributed by atoms with Crippen LogP contribution < -0.4 is 0 Å². The number of likely N-dealkylation sites (tertiary alicyclic amines) is 1. The molecule has 0 atom stereocenters. The normalized spacial score (nSPS) is 16.5. The van der Waals surface area contributed by atoms with E-state index in [9.17, 15) is 4.79 Å². The van der Waals surface area contributed by atoms with E-state index in [1.807, 2.05) is 50.2 Å². The van der Waals surface area contributed by atoms with Crippen LogP contribution in [0.5, 0.6) is 0 Å². The van der Waals surface area contributed by atoms with Gasteiger partial charge in [0.1, 0.15) is 0 Å². The van der Waals surface area contributed by atoms with E-state index in [4.69, 9.17) is 0 Å². The Kier molecular flexibility index (Phi) is 3.77. The van der Waals surface area contributed by atoms with Crippen molar-refractivity contribution in [3.63, 3.8) is 0 Å². The molecule has 3 nitrogen and oxygen atoms in total. The van der Waals surface area contributed by atoms with Crippen LogP contribution in [-0.2, 0) is 11.2 Å². The zero-order valence-electron chi connectivity index (χ0n) is 12.8. The smallest absolute Gasteiger partial charge is 0.158 e. The Hall–Kier alpha value is -1.74. The average Bonchev–Trinajstić information content (AvgIpc) is 3.02. The second kappa shape index (κ2) is 5.57. The molecular formula is C18H22N2O. The fourth-order valence-corrected chi connectivity index (χ4v) is 3.04. The van der Waals surface area contributed by atoms with Crippen LogP contribution in [0.25, 0.3) is 10.9 Å². The standard InChI is InChI=1S/C18H22N2O/c1-18(2,20-11-5-6-12-20)17(21)13-15-10-9-14-7-3-4-8-16(14)19-15/h3-4,7-10H,5-6,11-13H2,1-2H3. The first kappa shape index (κ1) is 14.2. The summed E-state index contributed by atoms with van der Waals surface area (Å²) >= 11 is 0. The average molecular weight is 282 g/mol. The molecule has 0 saturated carbocycles. The quantitative estimate of drug-likeness (QED) is 0.863. The maximum Gasteiger partial charge on any atom is 0.158 e. The highest BCUT2D eigenvalue weighted by Crippen LogP contribution is 2.23. The summed E-state index contributed by atoms with van der Waals surface area (Å²) < 4.78 is 0. The van der Waals surface area contributed by atoms with Crippen molar-refractivity contribution in [3.8, 4) is 0 Å². The molecule has 0 aliphatic carbocycles. The fraction of sp³-hybridized carbons (Fsp3) is 0.444. The van der Waals surface area contributed by atoms with Gasteiger partial charge in [-0.15, -0.1) is 0 Å². The van der Waals surface area contributed by atoms with Gasteiger partial charge < -0.3 is 0 Å². The number of hydrogen-bond donors (Lipinski definition) is 0. The predicted octanol–water partition coefficient (Wildman–Crippen LogP) is 3.22. The summed E-state index contributed by atoms with van der Waals surface area (Å²) in [5.74, 6) is 0.257. The third kappa shape index (κ3) is 2.84. The van der Waals surface area contributed by atoms with E-state index in [0.29, 0.717) is 6.42 Å². The van der Waals surface area contributed by atoms with Crippen LogP contribution in [0.15, 0.2) is 36.4 Å². The first-order valence-electron chi connectivity index (χ1n) is 7.70. The number of pyridine rings is 1. The molecule has 1 fully saturated rings. The summed E-state index contributed by atoms with van der Waals surface area (Å²) in [5.41, 5.74) is 1.44. The number of carbonyl (C=O) groups is 1. The number of hydrogen-bond acceptors (Lipinski definition) is 3. The Labute approximate surface area is 126 Å². The van der Waals surface area contributed by atoms with Gasteiger partial charge in [0, 0.05) is 11.1 Å². The van der Waals surface area contributed by atoms with Crippen molar-refractivity contribution < 1.29 is 4.79 Å². The van der Waals surface area contributed by atoms with E-state index in [0.717, 1.165) is 29.7 Å². The lowest BCUT2D eigenvalue weighted by Gasteiger charge is -2.33. The zero-order valence-corrected chi connectivity index (χ0v) is 12.8. The predicted molar refractivity (Wildman–Crippen MR) is 85.3 cm³/mol. The lowest BCUT2D eigenvalue weighted by Crippen LogP contribution is -2.49. The highest BCUT2D eigenvalue weighted by atomic mass is 16.1. The molecule has 1 aromatic carbocycles. The van der Waals surface area contributed by atoms with Gasteiger partial charge >= 0.3 is 0 Å². The second-order valence-corrected chi connectivity index (χ2v) is 6.35. The van der Waals surface area contributed by atoms with Crippen molar-refractivity contribution in [2.24, 2.45) is 0 Å². The summed E-state index contributed by atoms with van der Waals surface area (Å²) in [6.07, 6.45) is 2.81. The van der Waals surface area contributed by atoms with Gasteiger partial charge in [0.25, 0.3) is 0 Å². The number of rotatable bonds is 4. The van der Waals surface area contributed by atoms with Crippen molar-refractivity contribution in [1.82, 2.24) is 9.88 Å². The molecule has 1 aliphatic heterocycles. The van der Waals surface area contributed by atoms with Crippen LogP contribution in [0.1, 0.15) is 32.4 Å². The van der Waals surface area contributed by atoms with Gasteiger partial charge in [0.2, 0.25) is 0 Å². The van der Waals surface area contributed by atoms with Crippen LogP contribution in [0.2, 0.25) is 0 Å². The lowest BCUT2D eigenvalue weighted by atomic mass is 9.93. The molecule has 0 unspecified atom stereocenters. The maximum absolute atomic E-state index is 12.7. The summed E-state index contributed by atoms with van der Waals surface area (Å²) in [5, 5.41) is 1.12. The summed E-state index contributed by atoms with van der Waals surface area (Å²) in [7, 11) is 0. The topological polar surface area (TPSA) is 33.2 Å². The molecule has 0 N–H and O–H groups in total. The molecule has 3 heteroatoms. The van der Waals surface area contributed by atoms with Gasteiger partial charge in [-0.2, -0.15) is 0 Å². The third-order valence-electron chi connectivity index (χ3n) is 4.58. The summed E-state index contributed by atoms with van der Waals surface area (Å²) in [4.78, 5) is 19.6. The van der Waals surface area contributed by atoms with E-state index in [1.165, 1.54) is 12.8 Å². The minimum Gasteiger partial charge on any atom is -0.297 e. The van der Waals surface area contributed by atoms with Crippen LogP contribution in [0.3, 0.4) is 0 Å². The SMILES string of the molecule is CC(C)(C(=O)Cc1ccc2ccccc2n1)N1CCCC1. The Bertz CT molecular complexity index is 657. The molecule has 0 amide bonds. The van der Waals surface area contributed by atoms with Crippen molar-refractivity contribution in [2.45, 2.75) is 38.6 Å². The number of nitrogens with zero attached hydrogens (tertiary/aromatic N) is 2. The number of benzene rings is 1. The van der Waals surface area contributed by atoms with E-state index in [1.54, 1.807) is 0 Å². The van der Waals surface area contributed by atoms with Crippen LogP contribution in [-0.4, -0.2) is 34.3 Å². The van der Waals surface area contributed by atoms with Crippen LogP contribution in [0.4, 0.5) is 0 Å². The molecule has 0 spiro atoms. The van der Waals surface area contributed by atoms with Gasteiger partial charge in [0.05, 0.1) is 17.5 Å². The minimum absolute atomic E-state index is 0.257. The van der Waals surface area contributed by atoms with E-state index < -0.39 is 0 Å². The van der Waals surface area contributed by atoms with Crippen molar-refractivity contribution in [2.75, 3.05) is 13.1 Å². The molecular weight excluding hydrogens is 260 g/mol. The van der Waals surface area contributed by atoms with Crippen LogP contribution in [0, 0.1) is 0 Å². The van der Waals surface area contributed by atoms with Gasteiger partial charge in [-0.05, 0) is 51.9 Å². The first-order chi connectivity index (χ1) is 10.1. The summed E-state index contributed by atoms with van der Waals surface area (Å²) in [6, 6.07) is 12.0. The number of Topliss-reactive ketones (excluding diaryl/α,β-unsaturated/α-hetero) is 1. The molecule has 1 saturated heterocycles. The number of carbonyl (C=O) groups excluding carboxylic acids is 1. The van der Waals surface area contributed by atoms with E-state index in [2.05, 4.69) is 9.88 Å². The lowest BCUT2D eigenvalue weighted by molar-refractivity contribution is -0.128. The molecule has 1 aliphatic rings. The van der Waals surface area contributed by atoms with Gasteiger partial charge in [-0.3, -0.25) is 14.7 Å². The zero-order chi connectivity index (χ0) is 14.9. The Morgan fingerprint density at radius 2 is 1.86 bits per heavy atom. The largest absolute Gasteiger partial charge is 0.297 e. The molecule has 0 radical (unpaired) electrons. The number of ketones is 1. The monoisotopic (exact) mass is 282 g/mol. The number of para-hydroxylation sites is 1. The van der Waals surface area contributed by atoms with Gasteiger partial charge in [-0.25, -0.2) is 0 Å². The molecule has 2 aromatic rings. The molecule has 2 heterocycles. The number of fused-ring (bicyclic) bond motifs is 1. The second-order valence-electron chi connectivity index (χ2n) is 6.35. The van der Waals surface area contributed by atoms with Crippen molar-refractivity contribution in [1.29, 1.82) is 0 Å². The molecule has 110 valence electrons. The van der Waals surface area contributed by atoms with E-state index >= 15 is 0 Å². The minimum atomic E-state index is -0.385. The summed E-state index contributed by atoms with van der Waals surface area (Å²) in [6.45, 7) is 6.15. The molecule has 1 aromatic heterocycles. The highest BCUT2D eigenvalue weighted by Gasteiger charge is 2.35. The van der Waals surface area contributed by atoms with Crippen molar-refractivity contribution in [3.05, 3.63) is 42.1 Å². The number of aromatic nitrogens is 1. The van der Waals surface area contributed by atoms with E-state index in [-0.39, 0.29) is 11.3 Å². The van der Waals surface area contributed by atoms with Gasteiger partial charge in [0.15, 0.2) is 5.78 Å². The highest BCUT2D eigenvalue weighted by molar-refractivity contribution is 5.89. The molecule has 0 bridgehead atoms. The first-order valence-corrected chi connectivity index (χ1v) is 7.70. The maximum atomic E-state index is 12.7. The molecule has 3 rings (SSSR count). The third-order valence-corrected chi connectivity index (χ3v) is 4.58. The van der Waals surface area contributed by atoms with Crippen LogP contribution >= 0.6 is 0 Å². The van der Waals surface area contributed by atoms with Gasteiger partial charge in [-0.1, -0.05) is 24.3 Å². The Morgan fingerprint density at radius 1 is 1.14 bits per heavy atom. The van der Waals surface area contributed by atoms with Crippen molar-refractivity contribution >= 4 is 16.7 Å².